The van der Waals surface area contributed by atoms with Crippen molar-refractivity contribution in [3.8, 4) is 0 Å². The van der Waals surface area contributed by atoms with E-state index in [2.05, 4.69) is 0 Å². The Bertz CT molecular complexity index is 526. The van der Waals surface area contributed by atoms with Gasteiger partial charge in [-0.1, -0.05) is 19.8 Å². The molecule has 1 aliphatic rings. The van der Waals surface area contributed by atoms with E-state index < -0.39 is 41.1 Å². The molecule has 0 aromatic heterocycles. The Labute approximate surface area is 147 Å². The van der Waals surface area contributed by atoms with E-state index in [1.807, 2.05) is 6.92 Å². The number of unbranched alkanes of at least 4 members (excludes halogenated alkanes) is 1. The van der Waals surface area contributed by atoms with Gasteiger partial charge in [0, 0.05) is 6.54 Å². The quantitative estimate of drug-likeness (QED) is 0.233. The number of hydrogen-bond donors (Lipinski definition) is 2. The monoisotopic (exact) mass is 356 g/mol. The minimum Gasteiger partial charge on any atom is -0.458 e. The number of hydroxylamine groups is 1. The molecule has 2 amide bonds. The number of rotatable bonds is 7. The van der Waals surface area contributed by atoms with E-state index in [0.29, 0.717) is 25.8 Å². The first-order valence-electron chi connectivity index (χ1n) is 8.64. The Balaban J connectivity index is 2.95. The van der Waals surface area contributed by atoms with Gasteiger partial charge in [0.25, 0.3) is 0 Å². The molecular weight excluding hydrogens is 328 g/mol. The van der Waals surface area contributed by atoms with Crippen molar-refractivity contribution in [2.45, 2.75) is 71.4 Å². The number of esters is 1. The van der Waals surface area contributed by atoms with E-state index >= 15 is 0 Å². The predicted octanol–water partition coefficient (Wildman–Crippen LogP) is 1.20. The van der Waals surface area contributed by atoms with Crippen LogP contribution in [0.5, 0.6) is 0 Å². The van der Waals surface area contributed by atoms with Gasteiger partial charge in [-0.15, -0.1) is 0 Å². The third-order valence-corrected chi connectivity index (χ3v) is 4.00. The van der Waals surface area contributed by atoms with Gasteiger partial charge < -0.3 is 9.64 Å². The zero-order chi connectivity index (χ0) is 19.2. The zero-order valence-corrected chi connectivity index (χ0v) is 15.3. The lowest BCUT2D eigenvalue weighted by molar-refractivity contribution is -0.165. The van der Waals surface area contributed by atoms with Gasteiger partial charge in [0.15, 0.2) is 0 Å². The molecule has 1 heterocycles. The van der Waals surface area contributed by atoms with Gasteiger partial charge in [-0.25, -0.2) is 10.3 Å². The molecule has 0 aliphatic carbocycles. The molecule has 0 bridgehead atoms. The lowest BCUT2D eigenvalue weighted by Crippen LogP contribution is -2.49. The van der Waals surface area contributed by atoms with Gasteiger partial charge in [0.1, 0.15) is 17.6 Å². The highest BCUT2D eigenvalue weighted by Crippen LogP contribution is 2.25. The molecule has 25 heavy (non-hydrogen) atoms. The molecule has 0 saturated carbocycles. The highest BCUT2D eigenvalue weighted by Gasteiger charge is 2.42. The number of nitrogens with zero attached hydrogens (tertiary/aromatic N) is 1. The van der Waals surface area contributed by atoms with Gasteiger partial charge in [-0.3, -0.25) is 19.6 Å². The second kappa shape index (κ2) is 8.94. The summed E-state index contributed by atoms with van der Waals surface area (Å²) < 4.78 is 5.35. The second-order valence-corrected chi connectivity index (χ2v) is 7.22. The summed E-state index contributed by atoms with van der Waals surface area (Å²) in [6.07, 6.45) is 2.59. The number of likely N-dealkylation sites (tertiary alicyclic amines) is 1. The summed E-state index contributed by atoms with van der Waals surface area (Å²) in [7, 11) is 0. The number of amides is 2. The van der Waals surface area contributed by atoms with Crippen LogP contribution in [0.25, 0.3) is 0 Å². The molecule has 1 saturated heterocycles. The number of ketones is 1. The van der Waals surface area contributed by atoms with Crippen molar-refractivity contribution in [2.24, 2.45) is 5.92 Å². The van der Waals surface area contributed by atoms with E-state index in [4.69, 9.17) is 9.94 Å². The molecule has 2 unspecified atom stereocenters. The topological polar surface area (TPSA) is 113 Å². The van der Waals surface area contributed by atoms with Crippen molar-refractivity contribution in [1.29, 1.82) is 0 Å². The SMILES string of the molecule is CCCCC(C(=O)C(=O)NO)C(=O)N1CCCC1C(=O)OC(C)(C)C. The summed E-state index contributed by atoms with van der Waals surface area (Å²) >= 11 is 0. The Morgan fingerprint density at radius 2 is 1.92 bits per heavy atom. The Hall–Kier alpha value is -1.96. The van der Waals surface area contributed by atoms with Crippen LogP contribution in [0.4, 0.5) is 0 Å². The van der Waals surface area contributed by atoms with Crippen LogP contribution in [0, 0.1) is 5.92 Å². The van der Waals surface area contributed by atoms with Crippen molar-refractivity contribution in [1.82, 2.24) is 10.4 Å². The molecule has 1 rings (SSSR count). The van der Waals surface area contributed by atoms with E-state index in [-0.39, 0.29) is 6.42 Å². The van der Waals surface area contributed by atoms with Crippen molar-refractivity contribution in [3.05, 3.63) is 0 Å². The first-order valence-corrected chi connectivity index (χ1v) is 8.64. The fraction of sp³-hybridized carbons (Fsp3) is 0.765. The molecule has 1 fully saturated rings. The van der Waals surface area contributed by atoms with Crippen molar-refractivity contribution >= 4 is 23.6 Å². The smallest absolute Gasteiger partial charge is 0.329 e. The first kappa shape index (κ1) is 21.1. The number of Topliss-reactive ketones (excluding diaryl/α,β-unsaturated/α-hetero) is 1. The Kier molecular flexibility index (Phi) is 7.54. The lowest BCUT2D eigenvalue weighted by Gasteiger charge is -2.29. The van der Waals surface area contributed by atoms with Crippen molar-refractivity contribution in [2.75, 3.05) is 6.54 Å². The number of hydrogen-bond acceptors (Lipinski definition) is 6. The average molecular weight is 356 g/mol. The summed E-state index contributed by atoms with van der Waals surface area (Å²) in [5, 5.41) is 8.68. The summed E-state index contributed by atoms with van der Waals surface area (Å²) in [6.45, 7) is 7.46. The van der Waals surface area contributed by atoms with Crippen LogP contribution in [-0.2, 0) is 23.9 Å². The lowest BCUT2D eigenvalue weighted by atomic mass is 9.95. The normalized spacial score (nSPS) is 18.6. The van der Waals surface area contributed by atoms with Crippen LogP contribution in [0.1, 0.15) is 59.8 Å². The fourth-order valence-electron chi connectivity index (χ4n) is 2.83. The predicted molar refractivity (Wildman–Crippen MR) is 88.5 cm³/mol. The Morgan fingerprint density at radius 1 is 1.28 bits per heavy atom. The molecule has 0 aromatic carbocycles. The van der Waals surface area contributed by atoms with E-state index in [0.717, 1.165) is 6.42 Å². The molecule has 0 spiro atoms. The van der Waals surface area contributed by atoms with E-state index in [1.54, 1.807) is 20.8 Å². The van der Waals surface area contributed by atoms with E-state index in [1.165, 1.54) is 10.4 Å². The highest BCUT2D eigenvalue weighted by atomic mass is 16.6. The molecule has 2 N–H and O–H groups in total. The van der Waals surface area contributed by atoms with Crippen LogP contribution in [0.15, 0.2) is 0 Å². The summed E-state index contributed by atoms with van der Waals surface area (Å²) in [5.41, 5.74) is 0.603. The van der Waals surface area contributed by atoms with Crippen LogP contribution in [-0.4, -0.2) is 51.9 Å². The minimum atomic E-state index is -1.22. The van der Waals surface area contributed by atoms with Gasteiger partial charge in [-0.05, 0) is 40.0 Å². The summed E-state index contributed by atoms with van der Waals surface area (Å²) in [5.74, 6) is -4.48. The van der Waals surface area contributed by atoms with Crippen LogP contribution in [0.3, 0.4) is 0 Å². The average Bonchev–Trinajstić information content (AvgIpc) is 3.02. The standard InChI is InChI=1S/C17H28N2O6/c1-5-6-8-11(13(20)14(21)18-24)15(22)19-10-7-9-12(19)16(23)25-17(2,3)4/h11-12,24H,5-10H2,1-4H3,(H,18,21). The number of carbonyl (C=O) groups excluding carboxylic acids is 4. The zero-order valence-electron chi connectivity index (χ0n) is 15.3. The number of carbonyl (C=O) groups is 4. The molecule has 1 aliphatic heterocycles. The highest BCUT2D eigenvalue weighted by molar-refractivity contribution is 6.40. The second-order valence-electron chi connectivity index (χ2n) is 7.22. The van der Waals surface area contributed by atoms with Crippen LogP contribution >= 0.6 is 0 Å². The van der Waals surface area contributed by atoms with Crippen LogP contribution in [0.2, 0.25) is 0 Å². The van der Waals surface area contributed by atoms with Gasteiger partial charge in [-0.2, -0.15) is 0 Å². The molecular formula is C17H28N2O6. The maximum atomic E-state index is 12.8. The third-order valence-electron chi connectivity index (χ3n) is 4.00. The van der Waals surface area contributed by atoms with Crippen molar-refractivity contribution in [3.63, 3.8) is 0 Å². The molecule has 8 nitrogen and oxygen atoms in total. The van der Waals surface area contributed by atoms with Gasteiger partial charge >= 0.3 is 11.9 Å². The molecule has 142 valence electrons. The van der Waals surface area contributed by atoms with Gasteiger partial charge in [0.05, 0.1) is 0 Å². The fourth-order valence-corrected chi connectivity index (χ4v) is 2.83. The van der Waals surface area contributed by atoms with E-state index in [9.17, 15) is 19.2 Å². The summed E-state index contributed by atoms with van der Waals surface area (Å²) in [4.78, 5) is 50.1. The first-order chi connectivity index (χ1) is 11.6. The number of ether oxygens (including phenoxy) is 1. The third kappa shape index (κ3) is 5.81. The molecule has 2 atom stereocenters. The summed E-state index contributed by atoms with van der Waals surface area (Å²) in [6, 6.07) is -0.749. The Morgan fingerprint density at radius 3 is 2.44 bits per heavy atom. The largest absolute Gasteiger partial charge is 0.458 e. The molecule has 0 aromatic rings. The van der Waals surface area contributed by atoms with Gasteiger partial charge in [0.2, 0.25) is 11.7 Å². The van der Waals surface area contributed by atoms with Crippen LogP contribution < -0.4 is 5.48 Å². The minimum absolute atomic E-state index is 0.194. The molecule has 0 radical (unpaired) electrons. The van der Waals surface area contributed by atoms with Crippen molar-refractivity contribution < 1.29 is 29.1 Å². The maximum absolute atomic E-state index is 12.8. The number of nitrogens with one attached hydrogen (secondary N) is 1. The molecule has 8 heteroatoms. The maximum Gasteiger partial charge on any atom is 0.329 e.